The molecule has 1 saturated heterocycles. The molecule has 0 spiro atoms. The van der Waals surface area contributed by atoms with Gasteiger partial charge in [-0.05, 0) is 61.0 Å². The van der Waals surface area contributed by atoms with Crippen molar-refractivity contribution in [2.45, 2.75) is 29.7 Å². The molecule has 2 aliphatic rings. The Morgan fingerprint density at radius 1 is 0.951 bits per heavy atom. The molecule has 9 nitrogen and oxygen atoms in total. The number of nitrogens with one attached hydrogen (secondary N) is 1. The maximum atomic E-state index is 13.9. The molecule has 0 radical (unpaired) electrons. The number of aromatic nitrogens is 1. The van der Waals surface area contributed by atoms with Crippen LogP contribution in [0.4, 0.5) is 11.4 Å². The van der Waals surface area contributed by atoms with Gasteiger partial charge >= 0.3 is 4.87 Å². The first kappa shape index (κ1) is 26.9. The molecule has 3 atom stereocenters. The van der Waals surface area contributed by atoms with Crippen LogP contribution in [0.25, 0.3) is 0 Å². The summed E-state index contributed by atoms with van der Waals surface area (Å²) < 4.78 is 6.53. The van der Waals surface area contributed by atoms with Gasteiger partial charge in [0.25, 0.3) is 0 Å². The molecule has 2 N–H and O–H groups in total. The number of carbonyl (C=O) groups is 3. The summed E-state index contributed by atoms with van der Waals surface area (Å²) in [5, 5.41) is 12.4. The average molecular weight is 588 g/mol. The van der Waals surface area contributed by atoms with E-state index in [2.05, 4.69) is 5.32 Å². The van der Waals surface area contributed by atoms with Crippen LogP contribution in [-0.4, -0.2) is 39.8 Å². The number of amides is 3. The van der Waals surface area contributed by atoms with Crippen LogP contribution in [0.1, 0.15) is 21.9 Å². The van der Waals surface area contributed by atoms with E-state index in [1.54, 1.807) is 55.6 Å². The molecule has 1 fully saturated rings. The summed E-state index contributed by atoms with van der Waals surface area (Å²) in [7, 11) is 1.55. The molecule has 3 amide bonds. The van der Waals surface area contributed by atoms with Crippen molar-refractivity contribution in [3.8, 4) is 11.5 Å². The van der Waals surface area contributed by atoms with Crippen molar-refractivity contribution < 1.29 is 24.2 Å². The number of aromatic hydroxyl groups is 1. The van der Waals surface area contributed by atoms with Gasteiger partial charge < -0.3 is 15.2 Å². The molecule has 6 rings (SSSR count). The molecule has 208 valence electrons. The molecule has 0 saturated carbocycles. The fourth-order valence-electron chi connectivity index (χ4n) is 5.26. The van der Waals surface area contributed by atoms with E-state index in [1.807, 2.05) is 19.1 Å². The Balaban J connectivity index is 1.38. The summed E-state index contributed by atoms with van der Waals surface area (Å²) in [5.74, 6) is -1.77. The van der Waals surface area contributed by atoms with E-state index in [4.69, 9.17) is 4.74 Å². The Labute approximate surface area is 243 Å². The molecular weight excluding hydrogens is 562 g/mol. The van der Waals surface area contributed by atoms with Gasteiger partial charge in [-0.2, -0.15) is 0 Å². The number of fused-ring (bicyclic) bond motifs is 2. The van der Waals surface area contributed by atoms with E-state index in [1.165, 1.54) is 21.6 Å². The van der Waals surface area contributed by atoms with Crippen LogP contribution < -0.4 is 19.8 Å². The van der Waals surface area contributed by atoms with Crippen LogP contribution in [0.15, 0.2) is 82.6 Å². The Kier molecular flexibility index (Phi) is 6.92. The number of hydrogen-bond acceptors (Lipinski definition) is 8. The normalized spacial score (nSPS) is 19.6. The zero-order chi connectivity index (χ0) is 28.8. The summed E-state index contributed by atoms with van der Waals surface area (Å²) in [6, 6.07) is 20.5. The van der Waals surface area contributed by atoms with Gasteiger partial charge in [-0.1, -0.05) is 52.9 Å². The topological polar surface area (TPSA) is 118 Å². The number of phenolic OH excluding ortho intramolecular Hbond substituents is 1. The number of thiazole rings is 1. The molecule has 3 unspecified atom stereocenters. The second-order valence-electron chi connectivity index (χ2n) is 9.88. The zero-order valence-corrected chi connectivity index (χ0v) is 23.7. The van der Waals surface area contributed by atoms with E-state index in [-0.39, 0.29) is 29.0 Å². The van der Waals surface area contributed by atoms with E-state index in [0.29, 0.717) is 32.6 Å². The van der Waals surface area contributed by atoms with Crippen LogP contribution in [-0.2, 0) is 20.9 Å². The summed E-state index contributed by atoms with van der Waals surface area (Å²) in [6.07, 6.45) is 0. The Bertz CT molecular complexity index is 1710. The zero-order valence-electron chi connectivity index (χ0n) is 22.1. The summed E-state index contributed by atoms with van der Waals surface area (Å²) in [5.41, 5.74) is 2.74. The summed E-state index contributed by atoms with van der Waals surface area (Å²) in [6.45, 7) is 1.67. The summed E-state index contributed by atoms with van der Waals surface area (Å²) >= 11 is 2.13. The van der Waals surface area contributed by atoms with Crippen LogP contribution in [0.5, 0.6) is 11.5 Å². The van der Waals surface area contributed by atoms with Crippen LogP contribution in [0, 0.1) is 12.8 Å². The lowest BCUT2D eigenvalue weighted by molar-refractivity contribution is -0.122. The van der Waals surface area contributed by atoms with Crippen LogP contribution in [0.2, 0.25) is 0 Å². The SMILES string of the molecule is COc1ccc(NC(=O)Cn2c3c(sc2=O)C(c2ccc(O)cc2)C2C(=O)N(c4ccc(C)cc4)C(=O)C2S3)cc1. The maximum absolute atomic E-state index is 13.9. The molecule has 0 aliphatic carbocycles. The second-order valence-corrected chi connectivity index (χ2v) is 12.0. The van der Waals surface area contributed by atoms with Gasteiger partial charge in [0.2, 0.25) is 17.7 Å². The van der Waals surface area contributed by atoms with Crippen molar-refractivity contribution in [3.05, 3.63) is 98.5 Å². The third-order valence-electron chi connectivity index (χ3n) is 7.27. The largest absolute Gasteiger partial charge is 0.508 e. The molecule has 41 heavy (non-hydrogen) atoms. The summed E-state index contributed by atoms with van der Waals surface area (Å²) in [4.78, 5) is 55.4. The standard InChI is InChI=1S/C30H25N3O6S2/c1-16-3-9-19(10-4-16)33-27(36)24-23(17-5-11-20(34)12-6-17)26-29(40-25(24)28(33)37)32(30(38)41-26)15-22(35)31-18-7-13-21(39-2)14-8-18/h3-14,23-25,34H,15H2,1-2H3,(H,31,35). The number of imide groups is 1. The molecule has 3 aromatic carbocycles. The lowest BCUT2D eigenvalue weighted by atomic mass is 9.83. The lowest BCUT2D eigenvalue weighted by Crippen LogP contribution is -2.33. The number of hydrogen-bond donors (Lipinski definition) is 2. The molecular formula is C30H25N3O6S2. The molecule has 2 aliphatic heterocycles. The van der Waals surface area contributed by atoms with Gasteiger partial charge in [-0.15, -0.1) is 0 Å². The van der Waals surface area contributed by atoms with Crippen molar-refractivity contribution in [2.24, 2.45) is 5.92 Å². The van der Waals surface area contributed by atoms with Gasteiger partial charge in [0, 0.05) is 16.5 Å². The van der Waals surface area contributed by atoms with E-state index in [0.717, 1.165) is 28.7 Å². The minimum Gasteiger partial charge on any atom is -0.508 e. The predicted octanol–water partition coefficient (Wildman–Crippen LogP) is 4.37. The van der Waals surface area contributed by atoms with Crippen molar-refractivity contribution in [3.63, 3.8) is 0 Å². The number of methoxy groups -OCH3 is 1. The fourth-order valence-corrected chi connectivity index (χ4v) is 8.04. The van der Waals surface area contributed by atoms with Crippen molar-refractivity contribution in [1.82, 2.24) is 4.57 Å². The quantitative estimate of drug-likeness (QED) is 0.322. The van der Waals surface area contributed by atoms with Gasteiger partial charge in [-0.25, -0.2) is 4.90 Å². The van der Waals surface area contributed by atoms with Gasteiger partial charge in [0.15, 0.2) is 0 Å². The minimum absolute atomic E-state index is 0.0618. The third kappa shape index (κ3) is 4.81. The number of phenols is 1. The molecule has 11 heteroatoms. The van der Waals surface area contributed by atoms with Gasteiger partial charge in [0.05, 0.1) is 23.7 Å². The van der Waals surface area contributed by atoms with Crippen LogP contribution >= 0.6 is 23.1 Å². The maximum Gasteiger partial charge on any atom is 0.308 e. The van der Waals surface area contributed by atoms with Gasteiger partial charge in [-0.3, -0.25) is 23.7 Å². The molecule has 0 bridgehead atoms. The average Bonchev–Trinajstić information content (AvgIpc) is 3.40. The van der Waals surface area contributed by atoms with Crippen LogP contribution in [0.3, 0.4) is 0 Å². The number of carbonyl (C=O) groups excluding carboxylic acids is 3. The minimum atomic E-state index is -0.792. The number of nitrogens with zero attached hydrogens (tertiary/aromatic N) is 2. The highest BCUT2D eigenvalue weighted by molar-refractivity contribution is 8.00. The van der Waals surface area contributed by atoms with E-state index < -0.39 is 23.0 Å². The lowest BCUT2D eigenvalue weighted by Gasteiger charge is -2.30. The third-order valence-corrected chi connectivity index (χ3v) is 9.87. The number of benzene rings is 3. The highest BCUT2D eigenvalue weighted by atomic mass is 32.2. The van der Waals surface area contributed by atoms with Gasteiger partial charge in [0.1, 0.15) is 23.3 Å². The van der Waals surface area contributed by atoms with E-state index in [9.17, 15) is 24.3 Å². The molecule has 1 aromatic heterocycles. The first-order chi connectivity index (χ1) is 19.7. The van der Waals surface area contributed by atoms with E-state index >= 15 is 0 Å². The molecule has 4 aromatic rings. The second kappa shape index (κ2) is 10.6. The first-order valence-electron chi connectivity index (χ1n) is 12.8. The predicted molar refractivity (Wildman–Crippen MR) is 157 cm³/mol. The highest BCUT2D eigenvalue weighted by Crippen LogP contribution is 2.54. The monoisotopic (exact) mass is 587 g/mol. The number of aryl methyl sites for hydroxylation is 1. The Hall–Kier alpha value is -4.35. The fraction of sp³-hybridized carbons (Fsp3) is 0.200. The number of thioether (sulfide) groups is 1. The van der Waals surface area contributed by atoms with Crippen molar-refractivity contribution in [2.75, 3.05) is 17.3 Å². The number of rotatable bonds is 6. The number of ether oxygens (including phenoxy) is 1. The molecule has 3 heterocycles. The highest BCUT2D eigenvalue weighted by Gasteiger charge is 2.56. The number of anilines is 2. The Morgan fingerprint density at radius 2 is 1.63 bits per heavy atom. The van der Waals surface area contributed by atoms with Crippen molar-refractivity contribution in [1.29, 1.82) is 0 Å². The van der Waals surface area contributed by atoms with Crippen molar-refractivity contribution >= 4 is 52.2 Å². The first-order valence-corrected chi connectivity index (χ1v) is 14.5. The smallest absolute Gasteiger partial charge is 0.308 e. The Morgan fingerprint density at radius 3 is 2.29 bits per heavy atom.